The van der Waals surface area contributed by atoms with Crippen LogP contribution in [0.2, 0.25) is 0 Å². The van der Waals surface area contributed by atoms with Gasteiger partial charge in [-0.2, -0.15) is 0 Å². The van der Waals surface area contributed by atoms with Crippen molar-refractivity contribution in [3.8, 4) is 5.75 Å². The summed E-state index contributed by atoms with van der Waals surface area (Å²) in [6.07, 6.45) is 3.19. The van der Waals surface area contributed by atoms with Gasteiger partial charge in [0.15, 0.2) is 5.75 Å². The Labute approximate surface area is 156 Å². The van der Waals surface area contributed by atoms with Crippen LogP contribution in [0.3, 0.4) is 0 Å². The first kappa shape index (κ1) is 18.0. The minimum Gasteiger partial charge on any atom is -0.487 e. The molecule has 2 heterocycles. The van der Waals surface area contributed by atoms with Crippen LogP contribution in [0.1, 0.15) is 26.7 Å². The number of nitrogens with zero attached hydrogens (tertiary/aromatic N) is 2. The quantitative estimate of drug-likeness (QED) is 0.742. The van der Waals surface area contributed by atoms with Crippen LogP contribution in [-0.2, 0) is 4.74 Å². The average molecular weight is 407 g/mol. The summed E-state index contributed by atoms with van der Waals surface area (Å²) in [6.45, 7) is 5.82. The molecule has 0 saturated carbocycles. The highest BCUT2D eigenvalue weighted by atomic mass is 79.9. The number of ether oxygens (including phenoxy) is 2. The summed E-state index contributed by atoms with van der Waals surface area (Å²) < 4.78 is 12.4. The maximum absolute atomic E-state index is 12.0. The molecule has 134 valence electrons. The van der Waals surface area contributed by atoms with Gasteiger partial charge in [0, 0.05) is 37.5 Å². The molecule has 2 aromatic rings. The first-order chi connectivity index (χ1) is 12.0. The Morgan fingerprint density at radius 3 is 2.80 bits per heavy atom. The molecular formula is C19H23BrN2O3. The number of hydrogen-bond acceptors (Lipinski definition) is 4. The number of likely N-dealkylation sites (tertiary alicyclic amines) is 1. The fraction of sp³-hybridized carbons (Fsp3) is 0.474. The molecule has 1 aromatic carbocycles. The smallest absolute Gasteiger partial charge is 0.409 e. The number of aromatic nitrogens is 1. The Morgan fingerprint density at radius 1 is 1.32 bits per heavy atom. The van der Waals surface area contributed by atoms with Gasteiger partial charge in [-0.25, -0.2) is 4.79 Å². The van der Waals surface area contributed by atoms with Crippen LogP contribution in [0.25, 0.3) is 10.9 Å². The van der Waals surface area contributed by atoms with Crippen molar-refractivity contribution in [1.82, 2.24) is 9.88 Å². The third kappa shape index (κ3) is 4.42. The number of halogens is 1. The van der Waals surface area contributed by atoms with E-state index in [2.05, 4.69) is 20.9 Å². The number of pyridine rings is 1. The van der Waals surface area contributed by atoms with Crippen molar-refractivity contribution in [2.45, 2.75) is 32.8 Å². The van der Waals surface area contributed by atoms with Gasteiger partial charge in [0.05, 0.1) is 11.1 Å². The lowest BCUT2D eigenvalue weighted by molar-refractivity contribution is 0.0620. The molecular weight excluding hydrogens is 384 g/mol. The van der Waals surface area contributed by atoms with E-state index in [1.807, 2.05) is 38.1 Å². The lowest BCUT2D eigenvalue weighted by Crippen LogP contribution is -2.42. The van der Waals surface area contributed by atoms with Gasteiger partial charge < -0.3 is 14.4 Å². The molecule has 0 aliphatic carbocycles. The Morgan fingerprint density at radius 2 is 2.08 bits per heavy atom. The van der Waals surface area contributed by atoms with Crippen molar-refractivity contribution < 1.29 is 14.3 Å². The number of carbonyl (C=O) groups is 1. The molecule has 6 heteroatoms. The second-order valence-corrected chi connectivity index (χ2v) is 7.58. The highest BCUT2D eigenvalue weighted by Crippen LogP contribution is 2.34. The third-order valence-corrected chi connectivity index (χ3v) is 4.83. The number of piperidine rings is 1. The second-order valence-electron chi connectivity index (χ2n) is 6.73. The van der Waals surface area contributed by atoms with Crippen molar-refractivity contribution in [1.29, 1.82) is 0 Å². The van der Waals surface area contributed by atoms with E-state index < -0.39 is 0 Å². The van der Waals surface area contributed by atoms with Crippen LogP contribution in [-0.4, -0.2) is 41.8 Å². The van der Waals surface area contributed by atoms with E-state index in [0.717, 1.165) is 34.0 Å². The maximum Gasteiger partial charge on any atom is 0.409 e. The molecule has 0 spiro atoms. The molecule has 1 amide bonds. The van der Waals surface area contributed by atoms with Crippen LogP contribution in [0.4, 0.5) is 4.79 Å². The van der Waals surface area contributed by atoms with E-state index in [1.54, 1.807) is 11.1 Å². The van der Waals surface area contributed by atoms with Gasteiger partial charge in [-0.05, 0) is 34.0 Å². The van der Waals surface area contributed by atoms with Gasteiger partial charge in [-0.15, -0.1) is 0 Å². The van der Waals surface area contributed by atoms with E-state index in [-0.39, 0.29) is 12.2 Å². The highest BCUT2D eigenvalue weighted by molar-refractivity contribution is 9.10. The zero-order chi connectivity index (χ0) is 17.8. The topological polar surface area (TPSA) is 51.7 Å². The highest BCUT2D eigenvalue weighted by Gasteiger charge is 2.26. The molecule has 0 unspecified atom stereocenters. The Balaban J connectivity index is 1.61. The van der Waals surface area contributed by atoms with Gasteiger partial charge in [-0.3, -0.25) is 4.98 Å². The Hall–Kier alpha value is -1.82. The molecule has 3 rings (SSSR count). The summed E-state index contributed by atoms with van der Waals surface area (Å²) in [7, 11) is 0. The van der Waals surface area contributed by atoms with Gasteiger partial charge >= 0.3 is 6.09 Å². The Bertz CT molecular complexity index is 743. The number of carbonyl (C=O) groups excluding carboxylic acids is 1. The lowest BCUT2D eigenvalue weighted by atomic mass is 10.1. The SMILES string of the molecule is CC(C)COC(=O)N1CCC(Oc2c(Br)ccc3cccnc23)CC1. The fourth-order valence-electron chi connectivity index (χ4n) is 2.86. The van der Waals surface area contributed by atoms with Crippen LogP contribution in [0.5, 0.6) is 5.75 Å². The molecule has 1 fully saturated rings. The predicted octanol–water partition coefficient (Wildman–Crippen LogP) is 4.63. The number of hydrogen-bond donors (Lipinski definition) is 0. The number of benzene rings is 1. The summed E-state index contributed by atoms with van der Waals surface area (Å²) in [4.78, 5) is 18.3. The van der Waals surface area contributed by atoms with Crippen molar-refractivity contribution in [2.24, 2.45) is 5.92 Å². The van der Waals surface area contributed by atoms with Gasteiger partial charge in [0.2, 0.25) is 0 Å². The minimum absolute atomic E-state index is 0.0676. The summed E-state index contributed by atoms with van der Waals surface area (Å²) in [5.41, 5.74) is 0.857. The zero-order valence-corrected chi connectivity index (χ0v) is 16.2. The average Bonchev–Trinajstić information content (AvgIpc) is 2.62. The second kappa shape index (κ2) is 8.04. The molecule has 1 saturated heterocycles. The van der Waals surface area contributed by atoms with Gasteiger partial charge in [-0.1, -0.05) is 26.0 Å². The molecule has 1 aromatic heterocycles. The van der Waals surface area contributed by atoms with Crippen molar-refractivity contribution >= 4 is 32.9 Å². The predicted molar refractivity (Wildman–Crippen MR) is 101 cm³/mol. The van der Waals surface area contributed by atoms with Crippen molar-refractivity contribution in [2.75, 3.05) is 19.7 Å². The Kier molecular flexibility index (Phi) is 5.78. The van der Waals surface area contributed by atoms with E-state index in [9.17, 15) is 4.79 Å². The number of rotatable bonds is 4. The summed E-state index contributed by atoms with van der Waals surface area (Å²) in [6, 6.07) is 7.95. The largest absolute Gasteiger partial charge is 0.487 e. The fourth-order valence-corrected chi connectivity index (χ4v) is 3.27. The first-order valence-electron chi connectivity index (χ1n) is 8.66. The normalized spacial score (nSPS) is 15.6. The lowest BCUT2D eigenvalue weighted by Gasteiger charge is -2.32. The van der Waals surface area contributed by atoms with Crippen LogP contribution in [0.15, 0.2) is 34.9 Å². The zero-order valence-electron chi connectivity index (χ0n) is 14.6. The molecule has 0 bridgehead atoms. The van der Waals surface area contributed by atoms with Crippen LogP contribution < -0.4 is 4.74 Å². The van der Waals surface area contributed by atoms with E-state index in [0.29, 0.717) is 25.6 Å². The number of fused-ring (bicyclic) bond motifs is 1. The summed E-state index contributed by atoms with van der Waals surface area (Å²) in [5, 5.41) is 1.05. The maximum atomic E-state index is 12.0. The van der Waals surface area contributed by atoms with Crippen LogP contribution >= 0.6 is 15.9 Å². The molecule has 0 atom stereocenters. The molecule has 1 aliphatic rings. The molecule has 25 heavy (non-hydrogen) atoms. The monoisotopic (exact) mass is 406 g/mol. The molecule has 5 nitrogen and oxygen atoms in total. The van der Waals surface area contributed by atoms with Crippen LogP contribution in [0, 0.1) is 5.92 Å². The molecule has 1 aliphatic heterocycles. The molecule has 0 radical (unpaired) electrons. The third-order valence-electron chi connectivity index (χ3n) is 4.20. The van der Waals surface area contributed by atoms with Crippen molar-refractivity contribution in [3.63, 3.8) is 0 Å². The van der Waals surface area contributed by atoms with Gasteiger partial charge in [0.25, 0.3) is 0 Å². The van der Waals surface area contributed by atoms with E-state index >= 15 is 0 Å². The van der Waals surface area contributed by atoms with Gasteiger partial charge in [0.1, 0.15) is 11.6 Å². The minimum atomic E-state index is -0.222. The van der Waals surface area contributed by atoms with Crippen molar-refractivity contribution in [3.05, 3.63) is 34.9 Å². The standard InChI is InChI=1S/C19H23BrN2O3/c1-13(2)12-24-19(23)22-10-7-15(8-11-22)25-18-16(20)6-5-14-4-3-9-21-17(14)18/h3-6,9,13,15H,7-8,10-12H2,1-2H3. The van der Waals surface area contributed by atoms with E-state index in [4.69, 9.17) is 9.47 Å². The molecule has 0 N–H and O–H groups in total. The van der Waals surface area contributed by atoms with E-state index in [1.165, 1.54) is 0 Å². The summed E-state index contributed by atoms with van der Waals surface area (Å²) in [5.74, 6) is 1.12. The first-order valence-corrected chi connectivity index (χ1v) is 9.45. The summed E-state index contributed by atoms with van der Waals surface area (Å²) >= 11 is 3.56. The number of amides is 1.